The summed E-state index contributed by atoms with van der Waals surface area (Å²) >= 11 is 0. The molecule has 2 fully saturated rings. The fourth-order valence-electron chi connectivity index (χ4n) is 4.19. The van der Waals surface area contributed by atoms with Gasteiger partial charge in [0.1, 0.15) is 11.7 Å². The minimum absolute atomic E-state index is 0.294. The molecule has 1 aliphatic carbocycles. The van der Waals surface area contributed by atoms with Crippen LogP contribution in [0.3, 0.4) is 0 Å². The Labute approximate surface area is 129 Å². The number of allylic oxidation sites excluding steroid dienone is 1. The molecule has 5 atom stereocenters. The number of carbonyl (C=O) groups excluding carboxylic acids is 2. The van der Waals surface area contributed by atoms with Crippen molar-refractivity contribution in [1.82, 2.24) is 5.32 Å². The summed E-state index contributed by atoms with van der Waals surface area (Å²) in [6.07, 6.45) is 5.15. The SMILES string of the molecule is CCC[C@H]1C(=O)N[C@@]2([C@H](O)[C@]3(O)C=CCCC3)C(=O)O[C@@]12C. The molecule has 2 heterocycles. The zero-order valence-electron chi connectivity index (χ0n) is 13.0. The van der Waals surface area contributed by atoms with E-state index in [-0.39, 0.29) is 5.91 Å². The van der Waals surface area contributed by atoms with Crippen LogP contribution in [-0.4, -0.2) is 44.9 Å². The second kappa shape index (κ2) is 4.80. The van der Waals surface area contributed by atoms with Crippen molar-refractivity contribution >= 4 is 11.9 Å². The Bertz CT molecular complexity index is 547. The number of rotatable bonds is 4. The highest BCUT2D eigenvalue weighted by atomic mass is 16.6. The van der Waals surface area contributed by atoms with Crippen LogP contribution in [-0.2, 0) is 14.3 Å². The summed E-state index contributed by atoms with van der Waals surface area (Å²) in [5.74, 6) is -1.46. The van der Waals surface area contributed by atoms with Crippen LogP contribution in [0.1, 0.15) is 46.0 Å². The first-order valence-corrected chi connectivity index (χ1v) is 7.95. The van der Waals surface area contributed by atoms with Crippen LogP contribution in [0.25, 0.3) is 0 Å². The predicted octanol–water partition coefficient (Wildman–Crippen LogP) is 0.419. The first-order chi connectivity index (χ1) is 10.3. The molecule has 3 N–H and O–H groups in total. The van der Waals surface area contributed by atoms with Gasteiger partial charge >= 0.3 is 5.97 Å². The fraction of sp³-hybridized carbons (Fsp3) is 0.750. The minimum Gasteiger partial charge on any atom is -0.453 e. The molecule has 6 heteroatoms. The molecule has 0 aromatic rings. The van der Waals surface area contributed by atoms with E-state index in [9.17, 15) is 19.8 Å². The number of aliphatic hydroxyl groups excluding tert-OH is 1. The van der Waals surface area contributed by atoms with E-state index in [0.29, 0.717) is 12.8 Å². The molecule has 2 saturated heterocycles. The highest BCUT2D eigenvalue weighted by Gasteiger charge is 2.80. The van der Waals surface area contributed by atoms with Crippen LogP contribution in [0.4, 0.5) is 0 Å². The van der Waals surface area contributed by atoms with Crippen LogP contribution in [0.5, 0.6) is 0 Å². The summed E-state index contributed by atoms with van der Waals surface area (Å²) in [4.78, 5) is 24.5. The van der Waals surface area contributed by atoms with Crippen molar-refractivity contribution < 1.29 is 24.5 Å². The summed E-state index contributed by atoms with van der Waals surface area (Å²) < 4.78 is 5.33. The molecule has 0 aromatic heterocycles. The molecule has 6 nitrogen and oxygen atoms in total. The molecule has 0 aromatic carbocycles. The van der Waals surface area contributed by atoms with E-state index in [2.05, 4.69) is 5.32 Å². The average molecular weight is 309 g/mol. The molecule has 1 amide bonds. The Hall–Kier alpha value is -1.40. The number of esters is 1. The van der Waals surface area contributed by atoms with Gasteiger partial charge < -0.3 is 20.3 Å². The molecular formula is C16H23NO5. The van der Waals surface area contributed by atoms with Gasteiger partial charge in [-0.05, 0) is 32.6 Å². The topological polar surface area (TPSA) is 95.9 Å². The predicted molar refractivity (Wildman–Crippen MR) is 77.7 cm³/mol. The lowest BCUT2D eigenvalue weighted by atomic mass is 9.63. The standard InChI is InChI=1S/C16H23NO5/c1-3-7-10-11(18)17-16(13(20)22-14(10,16)2)12(19)15(21)8-5-4-6-9-15/h5,8,10,12,19,21H,3-4,6-7,9H2,1-2H3,(H,17,18)/t10-,12+,14-,15-,16-/m0/s1. The Kier molecular flexibility index (Phi) is 3.38. The second-order valence-corrected chi connectivity index (χ2v) is 6.82. The van der Waals surface area contributed by atoms with E-state index in [1.54, 1.807) is 19.1 Å². The van der Waals surface area contributed by atoms with Crippen molar-refractivity contribution in [2.75, 3.05) is 0 Å². The smallest absolute Gasteiger partial charge is 0.339 e. The van der Waals surface area contributed by atoms with Gasteiger partial charge in [-0.3, -0.25) is 4.79 Å². The third-order valence-corrected chi connectivity index (χ3v) is 5.53. The van der Waals surface area contributed by atoms with Crippen molar-refractivity contribution in [3.05, 3.63) is 12.2 Å². The van der Waals surface area contributed by atoms with E-state index < -0.39 is 34.7 Å². The quantitative estimate of drug-likeness (QED) is 0.517. The third kappa shape index (κ3) is 1.68. The lowest BCUT2D eigenvalue weighted by Gasteiger charge is -2.56. The zero-order chi connectivity index (χ0) is 16.2. The molecule has 122 valence electrons. The normalized spacial score (nSPS) is 44.8. The molecule has 3 rings (SSSR count). The van der Waals surface area contributed by atoms with Gasteiger partial charge in [0, 0.05) is 0 Å². The van der Waals surface area contributed by atoms with Crippen LogP contribution in [0.2, 0.25) is 0 Å². The number of aliphatic hydroxyl groups is 2. The van der Waals surface area contributed by atoms with Gasteiger partial charge in [-0.2, -0.15) is 0 Å². The maximum absolute atomic E-state index is 12.3. The van der Waals surface area contributed by atoms with Gasteiger partial charge in [0.05, 0.1) is 5.92 Å². The minimum atomic E-state index is -1.56. The van der Waals surface area contributed by atoms with E-state index in [1.165, 1.54) is 0 Å². The summed E-state index contributed by atoms with van der Waals surface area (Å²) in [5, 5.41) is 24.2. The maximum Gasteiger partial charge on any atom is 0.339 e. The van der Waals surface area contributed by atoms with Gasteiger partial charge in [0.15, 0.2) is 5.60 Å². The molecular weight excluding hydrogens is 286 g/mol. The molecule has 0 spiro atoms. The molecule has 0 radical (unpaired) electrons. The lowest BCUT2D eigenvalue weighted by molar-refractivity contribution is -0.249. The van der Waals surface area contributed by atoms with Crippen LogP contribution in [0.15, 0.2) is 12.2 Å². The Balaban J connectivity index is 2.00. The third-order valence-electron chi connectivity index (χ3n) is 5.53. The highest BCUT2D eigenvalue weighted by Crippen LogP contribution is 2.54. The molecule has 0 unspecified atom stereocenters. The van der Waals surface area contributed by atoms with Gasteiger partial charge in [-0.1, -0.05) is 25.5 Å². The Morgan fingerprint density at radius 3 is 2.77 bits per heavy atom. The molecule has 0 saturated carbocycles. The average Bonchev–Trinajstić information content (AvgIpc) is 2.65. The first-order valence-electron chi connectivity index (χ1n) is 7.95. The van der Waals surface area contributed by atoms with Crippen molar-refractivity contribution in [3.63, 3.8) is 0 Å². The number of nitrogens with one attached hydrogen (secondary N) is 1. The van der Waals surface area contributed by atoms with Gasteiger partial charge in [0.25, 0.3) is 0 Å². The maximum atomic E-state index is 12.3. The van der Waals surface area contributed by atoms with Crippen molar-refractivity contribution in [3.8, 4) is 0 Å². The molecule has 0 bridgehead atoms. The number of fused-ring (bicyclic) bond motifs is 1. The van der Waals surface area contributed by atoms with Crippen LogP contribution in [0, 0.1) is 5.92 Å². The van der Waals surface area contributed by atoms with Crippen LogP contribution >= 0.6 is 0 Å². The second-order valence-electron chi connectivity index (χ2n) is 6.82. The number of amides is 1. The molecule has 3 aliphatic rings. The van der Waals surface area contributed by atoms with Gasteiger partial charge in [-0.15, -0.1) is 0 Å². The van der Waals surface area contributed by atoms with Crippen molar-refractivity contribution in [2.45, 2.75) is 68.8 Å². The Morgan fingerprint density at radius 2 is 2.23 bits per heavy atom. The van der Waals surface area contributed by atoms with E-state index in [0.717, 1.165) is 19.3 Å². The lowest BCUT2D eigenvalue weighted by Crippen LogP contribution is -2.82. The van der Waals surface area contributed by atoms with E-state index in [4.69, 9.17) is 4.74 Å². The molecule has 22 heavy (non-hydrogen) atoms. The zero-order valence-corrected chi connectivity index (χ0v) is 13.0. The highest BCUT2D eigenvalue weighted by molar-refractivity contribution is 6.02. The molecule has 2 aliphatic heterocycles. The number of ether oxygens (including phenoxy) is 1. The first kappa shape index (κ1) is 15.5. The summed E-state index contributed by atoms with van der Waals surface area (Å²) in [6.45, 7) is 3.62. The number of hydrogen-bond donors (Lipinski definition) is 3. The monoisotopic (exact) mass is 309 g/mol. The fourth-order valence-corrected chi connectivity index (χ4v) is 4.19. The summed E-state index contributed by atoms with van der Waals surface area (Å²) in [7, 11) is 0. The van der Waals surface area contributed by atoms with Crippen molar-refractivity contribution in [2.24, 2.45) is 5.92 Å². The largest absolute Gasteiger partial charge is 0.453 e. The van der Waals surface area contributed by atoms with Crippen molar-refractivity contribution in [1.29, 1.82) is 0 Å². The summed E-state index contributed by atoms with van der Waals surface area (Å²) in [5.41, 5.74) is -4.19. The van der Waals surface area contributed by atoms with Gasteiger partial charge in [-0.25, -0.2) is 4.79 Å². The number of hydrogen-bond acceptors (Lipinski definition) is 5. The van der Waals surface area contributed by atoms with Gasteiger partial charge in [0.2, 0.25) is 11.4 Å². The number of carbonyl (C=O) groups is 2. The summed E-state index contributed by atoms with van der Waals surface area (Å²) in [6, 6.07) is 0. The van der Waals surface area contributed by atoms with E-state index in [1.807, 2.05) is 6.92 Å². The van der Waals surface area contributed by atoms with E-state index >= 15 is 0 Å². The van der Waals surface area contributed by atoms with Crippen LogP contribution < -0.4 is 5.32 Å². The Morgan fingerprint density at radius 1 is 1.50 bits per heavy atom.